The molecule has 0 saturated carbocycles. The van der Waals surface area contributed by atoms with E-state index in [0.717, 1.165) is 26.7 Å². The first-order valence-corrected chi connectivity index (χ1v) is 12.2. The molecule has 3 aromatic heterocycles. The molecule has 5 aromatic rings. The largest absolute Gasteiger partial charge is 0.489 e. The van der Waals surface area contributed by atoms with Gasteiger partial charge in [-0.15, -0.1) is 0 Å². The van der Waals surface area contributed by atoms with E-state index in [2.05, 4.69) is 38.2 Å². The highest BCUT2D eigenvalue weighted by Crippen LogP contribution is 2.22. The molecule has 37 heavy (non-hydrogen) atoms. The number of thiol groups is 1. The molecule has 0 aliphatic rings. The predicted octanol–water partition coefficient (Wildman–Crippen LogP) is 4.90. The lowest BCUT2D eigenvalue weighted by Gasteiger charge is -2.14. The summed E-state index contributed by atoms with van der Waals surface area (Å²) in [5.74, 6) is 1.17. The summed E-state index contributed by atoms with van der Waals surface area (Å²) in [5.41, 5.74) is 4.65. The second-order valence-electron chi connectivity index (χ2n) is 8.26. The molecular weight excluding hydrogens is 486 g/mol. The first-order valence-electron chi connectivity index (χ1n) is 11.8. The first kappa shape index (κ1) is 24.3. The Hall–Kier alpha value is -4.44. The SMILES string of the molecule is CCNC(=O)N(S)c1ccc2ncc(-c3cnn(Cc4cccc(OCc5ccccc5)c4)c3)nc2n1. The number of carbonyl (C=O) groups excluding carboxylic acids is 1. The fourth-order valence-electron chi connectivity index (χ4n) is 3.72. The van der Waals surface area contributed by atoms with Gasteiger partial charge >= 0.3 is 6.03 Å². The lowest BCUT2D eigenvalue weighted by atomic mass is 10.2. The van der Waals surface area contributed by atoms with Gasteiger partial charge in [0, 0.05) is 18.3 Å². The van der Waals surface area contributed by atoms with E-state index in [9.17, 15) is 4.79 Å². The van der Waals surface area contributed by atoms with E-state index in [1.807, 2.05) is 72.4 Å². The van der Waals surface area contributed by atoms with Crippen LogP contribution in [0, 0.1) is 0 Å². The van der Waals surface area contributed by atoms with Crippen LogP contribution in [0.4, 0.5) is 10.6 Å². The number of hydrogen-bond donors (Lipinski definition) is 2. The van der Waals surface area contributed by atoms with Gasteiger partial charge in [0.1, 0.15) is 23.7 Å². The number of fused-ring (bicyclic) bond motifs is 1. The van der Waals surface area contributed by atoms with Crippen LogP contribution in [0.5, 0.6) is 5.75 Å². The third-order valence-electron chi connectivity index (χ3n) is 5.55. The maximum atomic E-state index is 12.1. The Bertz CT molecular complexity index is 1520. The van der Waals surface area contributed by atoms with E-state index in [1.54, 1.807) is 24.5 Å². The van der Waals surface area contributed by atoms with E-state index >= 15 is 0 Å². The Balaban J connectivity index is 1.30. The third-order valence-corrected chi connectivity index (χ3v) is 5.94. The van der Waals surface area contributed by atoms with Crippen LogP contribution in [-0.4, -0.2) is 37.3 Å². The second-order valence-corrected chi connectivity index (χ2v) is 8.66. The molecule has 3 heterocycles. The molecule has 5 rings (SSSR count). The van der Waals surface area contributed by atoms with Gasteiger partial charge in [0.15, 0.2) is 5.65 Å². The van der Waals surface area contributed by atoms with Gasteiger partial charge in [-0.3, -0.25) is 9.67 Å². The summed E-state index contributed by atoms with van der Waals surface area (Å²) >= 11 is 4.25. The number of urea groups is 1. The van der Waals surface area contributed by atoms with Crippen LogP contribution in [0.1, 0.15) is 18.1 Å². The Morgan fingerprint density at radius 2 is 1.86 bits per heavy atom. The molecular formula is C27H25N7O2S. The number of benzene rings is 2. The number of rotatable bonds is 8. The number of nitrogens with one attached hydrogen (secondary N) is 1. The van der Waals surface area contributed by atoms with Crippen LogP contribution in [0.3, 0.4) is 0 Å². The van der Waals surface area contributed by atoms with Gasteiger partial charge in [0.25, 0.3) is 0 Å². The molecule has 0 bridgehead atoms. The lowest BCUT2D eigenvalue weighted by molar-refractivity contribution is 0.250. The molecule has 2 amide bonds. The van der Waals surface area contributed by atoms with Crippen LogP contribution in [0.15, 0.2) is 85.3 Å². The second kappa shape index (κ2) is 11.1. The van der Waals surface area contributed by atoms with Crippen molar-refractivity contribution in [3.8, 4) is 17.0 Å². The monoisotopic (exact) mass is 511 g/mol. The summed E-state index contributed by atoms with van der Waals surface area (Å²) in [7, 11) is 0. The zero-order chi connectivity index (χ0) is 25.6. The minimum absolute atomic E-state index is 0.360. The number of hydrogen-bond acceptors (Lipinski definition) is 7. The van der Waals surface area contributed by atoms with Gasteiger partial charge in [0.2, 0.25) is 0 Å². The Kier molecular flexibility index (Phi) is 7.27. The van der Waals surface area contributed by atoms with Crippen molar-refractivity contribution >= 4 is 35.8 Å². The number of aromatic nitrogens is 5. The normalized spacial score (nSPS) is 10.9. The van der Waals surface area contributed by atoms with Crippen LogP contribution in [-0.2, 0) is 13.2 Å². The fourth-order valence-corrected chi connectivity index (χ4v) is 3.90. The fraction of sp³-hybridized carbons (Fsp3) is 0.148. The van der Waals surface area contributed by atoms with Gasteiger partial charge < -0.3 is 10.1 Å². The lowest BCUT2D eigenvalue weighted by Crippen LogP contribution is -2.34. The minimum atomic E-state index is -0.363. The highest BCUT2D eigenvalue weighted by molar-refractivity contribution is 7.82. The topological polar surface area (TPSA) is 98.1 Å². The van der Waals surface area contributed by atoms with Crippen LogP contribution < -0.4 is 14.4 Å². The van der Waals surface area contributed by atoms with E-state index in [0.29, 0.717) is 42.4 Å². The van der Waals surface area contributed by atoms with Gasteiger partial charge in [-0.25, -0.2) is 19.1 Å². The van der Waals surface area contributed by atoms with E-state index < -0.39 is 0 Å². The highest BCUT2D eigenvalue weighted by atomic mass is 32.1. The predicted molar refractivity (Wildman–Crippen MR) is 145 cm³/mol. The van der Waals surface area contributed by atoms with E-state index in [-0.39, 0.29) is 6.03 Å². The number of ether oxygens (including phenoxy) is 1. The molecule has 0 aliphatic carbocycles. The van der Waals surface area contributed by atoms with Crippen molar-refractivity contribution in [3.05, 3.63) is 96.4 Å². The smallest absolute Gasteiger partial charge is 0.333 e. The molecule has 10 heteroatoms. The third kappa shape index (κ3) is 5.87. The molecule has 0 fully saturated rings. The summed E-state index contributed by atoms with van der Waals surface area (Å²) in [6, 6.07) is 21.1. The van der Waals surface area contributed by atoms with Crippen molar-refractivity contribution in [1.29, 1.82) is 0 Å². The molecule has 0 aliphatic heterocycles. The molecule has 0 radical (unpaired) electrons. The maximum Gasteiger partial charge on any atom is 0.333 e. The average Bonchev–Trinajstić information content (AvgIpc) is 3.40. The van der Waals surface area contributed by atoms with Crippen molar-refractivity contribution in [2.24, 2.45) is 0 Å². The summed E-state index contributed by atoms with van der Waals surface area (Å²) in [4.78, 5) is 25.7. The van der Waals surface area contributed by atoms with Crippen molar-refractivity contribution < 1.29 is 9.53 Å². The summed E-state index contributed by atoms with van der Waals surface area (Å²) in [6.07, 6.45) is 5.34. The summed E-state index contributed by atoms with van der Waals surface area (Å²) < 4.78 is 8.94. The van der Waals surface area contributed by atoms with Crippen molar-refractivity contribution in [2.45, 2.75) is 20.1 Å². The molecule has 2 aromatic carbocycles. The van der Waals surface area contributed by atoms with Crippen molar-refractivity contribution in [2.75, 3.05) is 10.8 Å². The number of anilines is 1. The number of nitrogens with zero attached hydrogens (tertiary/aromatic N) is 6. The van der Waals surface area contributed by atoms with Gasteiger partial charge in [-0.2, -0.15) is 5.10 Å². The van der Waals surface area contributed by atoms with Gasteiger partial charge in [0.05, 0.1) is 24.6 Å². The van der Waals surface area contributed by atoms with Crippen LogP contribution in [0.25, 0.3) is 22.4 Å². The zero-order valence-corrected chi connectivity index (χ0v) is 21.0. The van der Waals surface area contributed by atoms with E-state index in [4.69, 9.17) is 4.74 Å². The average molecular weight is 512 g/mol. The molecule has 0 atom stereocenters. The van der Waals surface area contributed by atoms with Crippen LogP contribution in [0.2, 0.25) is 0 Å². The molecule has 9 nitrogen and oxygen atoms in total. The number of amides is 2. The molecule has 1 N–H and O–H groups in total. The number of carbonyl (C=O) groups is 1. The van der Waals surface area contributed by atoms with Gasteiger partial charge in [-0.1, -0.05) is 55.3 Å². The van der Waals surface area contributed by atoms with Gasteiger partial charge in [-0.05, 0) is 42.3 Å². The molecule has 0 unspecified atom stereocenters. The quantitative estimate of drug-likeness (QED) is 0.288. The number of pyridine rings is 1. The standard InChI is InChI=1S/C27H25N7O2S/c1-2-28-27(35)34(37)25-12-11-23-26(32-25)31-24(15-29-23)21-14-30-33(17-21)16-20-9-6-10-22(13-20)36-18-19-7-4-3-5-8-19/h3-15,17,37H,2,16,18H2,1H3,(H,28,35). The molecule has 0 spiro atoms. The summed E-state index contributed by atoms with van der Waals surface area (Å²) in [5, 5.41) is 7.18. The first-order chi connectivity index (χ1) is 18.1. The Morgan fingerprint density at radius 3 is 2.70 bits per heavy atom. The zero-order valence-electron chi connectivity index (χ0n) is 20.2. The van der Waals surface area contributed by atoms with Crippen molar-refractivity contribution in [3.63, 3.8) is 0 Å². The van der Waals surface area contributed by atoms with E-state index in [1.165, 1.54) is 0 Å². The van der Waals surface area contributed by atoms with Crippen LogP contribution >= 0.6 is 12.8 Å². The maximum absolute atomic E-state index is 12.1. The molecule has 0 saturated heterocycles. The summed E-state index contributed by atoms with van der Waals surface area (Å²) in [6.45, 7) is 3.41. The highest BCUT2D eigenvalue weighted by Gasteiger charge is 2.14. The Morgan fingerprint density at radius 1 is 1.03 bits per heavy atom. The Labute approximate surface area is 219 Å². The molecule has 186 valence electrons. The minimum Gasteiger partial charge on any atom is -0.489 e. The van der Waals surface area contributed by atoms with Crippen molar-refractivity contribution in [1.82, 2.24) is 30.0 Å².